The van der Waals surface area contributed by atoms with E-state index in [1.165, 1.54) is 85.8 Å². The van der Waals surface area contributed by atoms with Gasteiger partial charge in [0.05, 0.1) is 0 Å². The maximum absolute atomic E-state index is 3.59. The molecular formula is C41H27NS4. The van der Waals surface area contributed by atoms with E-state index in [1.54, 1.807) is 22.7 Å². The predicted octanol–water partition coefficient (Wildman–Crippen LogP) is 13.5. The van der Waals surface area contributed by atoms with Crippen molar-refractivity contribution in [2.75, 3.05) is 0 Å². The second kappa shape index (κ2) is 11.7. The lowest BCUT2D eigenvalue weighted by atomic mass is 10.0. The van der Waals surface area contributed by atoms with Crippen molar-refractivity contribution in [2.24, 2.45) is 0 Å². The van der Waals surface area contributed by atoms with Gasteiger partial charge in [-0.15, -0.1) is 45.3 Å². The topological polar surface area (TPSA) is 15.8 Å². The van der Waals surface area contributed by atoms with Crippen LogP contribution in [0.25, 0.3) is 74.7 Å². The lowest BCUT2D eigenvalue weighted by molar-refractivity contribution is 1.27. The molecule has 1 aliphatic rings. The van der Waals surface area contributed by atoms with Crippen molar-refractivity contribution in [3.8, 4) is 52.9 Å². The summed E-state index contributed by atoms with van der Waals surface area (Å²) in [5.41, 5.74) is 13.3. The number of thiophene rings is 4. The average Bonchev–Trinajstić information content (AvgIpc) is 3.95. The molecule has 9 aromatic rings. The molecule has 5 heterocycles. The molecule has 0 unspecified atom stereocenters. The molecule has 0 spiro atoms. The monoisotopic (exact) mass is 661 g/mol. The van der Waals surface area contributed by atoms with E-state index in [4.69, 9.17) is 0 Å². The van der Waals surface area contributed by atoms with Crippen LogP contribution >= 0.6 is 45.3 Å². The molecule has 0 atom stereocenters. The number of aromatic nitrogens is 1. The Bertz CT molecular complexity index is 2250. The van der Waals surface area contributed by atoms with Crippen molar-refractivity contribution < 1.29 is 0 Å². The van der Waals surface area contributed by atoms with Gasteiger partial charge in [0.25, 0.3) is 0 Å². The quantitative estimate of drug-likeness (QED) is 0.193. The molecule has 1 nitrogen and oxygen atoms in total. The van der Waals surface area contributed by atoms with Crippen LogP contribution in [0, 0.1) is 0 Å². The Balaban J connectivity index is 0.000000127. The highest BCUT2D eigenvalue weighted by Gasteiger charge is 2.20. The van der Waals surface area contributed by atoms with Crippen LogP contribution in [0.2, 0.25) is 0 Å². The average molecular weight is 662 g/mol. The zero-order valence-electron chi connectivity index (χ0n) is 24.7. The third-order valence-corrected chi connectivity index (χ3v) is 12.4. The van der Waals surface area contributed by atoms with Crippen molar-refractivity contribution in [3.05, 3.63) is 154 Å². The number of hydrogen-bond donors (Lipinski definition) is 1. The highest BCUT2D eigenvalue weighted by molar-refractivity contribution is 7.14. The SMILES string of the molecule is c1csc(-c2ccc3c(c2)Cc2cc(-c4cccs4)ccc2-3)c1.c1csc(-c2ccc3c(c2)[nH]c2cc(-c4cccs4)ccc23)c1. The molecular weight excluding hydrogens is 635 g/mol. The van der Waals surface area contributed by atoms with Crippen molar-refractivity contribution in [1.82, 2.24) is 4.98 Å². The maximum Gasteiger partial charge on any atom is 0.0471 e. The Kier molecular flexibility index (Phi) is 7.05. The van der Waals surface area contributed by atoms with Gasteiger partial charge in [-0.25, -0.2) is 0 Å². The predicted molar refractivity (Wildman–Crippen MR) is 204 cm³/mol. The number of aromatic amines is 1. The van der Waals surface area contributed by atoms with E-state index < -0.39 is 0 Å². The van der Waals surface area contributed by atoms with Gasteiger partial charge in [0.2, 0.25) is 0 Å². The first kappa shape index (κ1) is 27.8. The van der Waals surface area contributed by atoms with Crippen LogP contribution in [0.15, 0.2) is 143 Å². The molecule has 0 amide bonds. The fourth-order valence-corrected chi connectivity index (χ4v) is 9.40. The van der Waals surface area contributed by atoms with E-state index in [-0.39, 0.29) is 0 Å². The minimum absolute atomic E-state index is 1.04. The standard InChI is InChI=1S/C21H14S2.C20H13NS2/c1-3-20(22-9-1)14-5-7-18-16(11-14)13-17-12-15(6-8-19(17)18)21-4-2-10-23-21;1-3-19(22-9-1)13-5-7-15-16-8-6-14(20-4-2-10-23-20)12-18(16)21-17(15)11-13/h1-12H,13H2;1-12,21H. The van der Waals surface area contributed by atoms with Gasteiger partial charge >= 0.3 is 0 Å². The number of fused-ring (bicyclic) bond motifs is 6. The first-order valence-electron chi connectivity index (χ1n) is 15.2. The van der Waals surface area contributed by atoms with Crippen LogP contribution < -0.4 is 0 Å². The number of nitrogens with one attached hydrogen (secondary N) is 1. The molecule has 1 aliphatic carbocycles. The number of H-pyrrole nitrogens is 1. The summed E-state index contributed by atoms with van der Waals surface area (Å²) in [6, 6.07) is 44.4. The molecule has 46 heavy (non-hydrogen) atoms. The van der Waals surface area contributed by atoms with E-state index >= 15 is 0 Å². The van der Waals surface area contributed by atoms with Gasteiger partial charge in [0.15, 0.2) is 0 Å². The summed E-state index contributed by atoms with van der Waals surface area (Å²) in [5.74, 6) is 0. The maximum atomic E-state index is 3.59. The van der Waals surface area contributed by atoms with Crippen LogP contribution in [0.5, 0.6) is 0 Å². The van der Waals surface area contributed by atoms with E-state index in [9.17, 15) is 0 Å². The van der Waals surface area contributed by atoms with Crippen molar-refractivity contribution >= 4 is 67.2 Å². The van der Waals surface area contributed by atoms with Crippen LogP contribution in [0.1, 0.15) is 11.1 Å². The molecule has 0 bridgehead atoms. The van der Waals surface area contributed by atoms with Crippen LogP contribution in [0.4, 0.5) is 0 Å². The second-order valence-electron chi connectivity index (χ2n) is 11.5. The molecule has 0 radical (unpaired) electrons. The number of benzene rings is 4. The smallest absolute Gasteiger partial charge is 0.0471 e. The van der Waals surface area contributed by atoms with Crippen LogP contribution in [0.3, 0.4) is 0 Å². The molecule has 1 N–H and O–H groups in total. The molecule has 0 fully saturated rings. The largest absolute Gasteiger partial charge is 0.354 e. The molecule has 0 saturated carbocycles. The summed E-state index contributed by atoms with van der Waals surface area (Å²) < 4.78 is 0. The summed E-state index contributed by atoms with van der Waals surface area (Å²) in [4.78, 5) is 8.91. The Morgan fingerprint density at radius 3 is 1.13 bits per heavy atom. The first-order valence-corrected chi connectivity index (χ1v) is 18.8. The fraction of sp³-hybridized carbons (Fsp3) is 0.0244. The first-order chi connectivity index (χ1) is 22.8. The molecule has 10 rings (SSSR count). The summed E-state index contributed by atoms with van der Waals surface area (Å²) in [7, 11) is 0. The van der Waals surface area contributed by atoms with E-state index in [2.05, 4.69) is 148 Å². The summed E-state index contributed by atoms with van der Waals surface area (Å²) in [6.07, 6.45) is 1.04. The highest BCUT2D eigenvalue weighted by Crippen LogP contribution is 2.41. The highest BCUT2D eigenvalue weighted by atomic mass is 32.1. The van der Waals surface area contributed by atoms with Crippen molar-refractivity contribution in [3.63, 3.8) is 0 Å². The lowest BCUT2D eigenvalue weighted by Crippen LogP contribution is -1.82. The van der Waals surface area contributed by atoms with Gasteiger partial charge in [-0.05, 0) is 121 Å². The Morgan fingerprint density at radius 2 is 0.761 bits per heavy atom. The number of rotatable bonds is 4. The zero-order valence-corrected chi connectivity index (χ0v) is 28.0. The minimum Gasteiger partial charge on any atom is -0.354 e. The lowest BCUT2D eigenvalue weighted by Gasteiger charge is -2.04. The van der Waals surface area contributed by atoms with Gasteiger partial charge in [-0.3, -0.25) is 0 Å². The van der Waals surface area contributed by atoms with E-state index in [0.717, 1.165) is 6.42 Å². The molecule has 4 aromatic carbocycles. The van der Waals surface area contributed by atoms with E-state index in [0.29, 0.717) is 0 Å². The fourth-order valence-electron chi connectivity index (χ4n) is 6.51. The molecule has 220 valence electrons. The molecule has 0 saturated heterocycles. The summed E-state index contributed by atoms with van der Waals surface area (Å²) in [6.45, 7) is 0. The zero-order chi connectivity index (χ0) is 30.5. The van der Waals surface area contributed by atoms with Gasteiger partial charge in [-0.1, -0.05) is 72.8 Å². The Morgan fingerprint density at radius 1 is 0.391 bits per heavy atom. The normalized spacial score (nSPS) is 11.8. The van der Waals surface area contributed by atoms with Gasteiger partial charge in [-0.2, -0.15) is 0 Å². The minimum atomic E-state index is 1.04. The second-order valence-corrected chi connectivity index (χ2v) is 15.3. The van der Waals surface area contributed by atoms with Crippen molar-refractivity contribution in [2.45, 2.75) is 6.42 Å². The van der Waals surface area contributed by atoms with Gasteiger partial charge < -0.3 is 4.98 Å². The van der Waals surface area contributed by atoms with Gasteiger partial charge in [0, 0.05) is 41.3 Å². The molecule has 5 aromatic heterocycles. The van der Waals surface area contributed by atoms with Crippen LogP contribution in [-0.2, 0) is 6.42 Å². The third kappa shape index (κ3) is 5.06. The Hall–Kier alpha value is -4.52. The summed E-state index contributed by atoms with van der Waals surface area (Å²) in [5, 5.41) is 11.1. The van der Waals surface area contributed by atoms with E-state index in [1.807, 2.05) is 22.7 Å². The third-order valence-electron chi connectivity index (χ3n) is 8.70. The molecule has 5 heteroatoms. The molecule has 0 aliphatic heterocycles. The van der Waals surface area contributed by atoms with Crippen molar-refractivity contribution in [1.29, 1.82) is 0 Å². The number of hydrogen-bond acceptors (Lipinski definition) is 4. The van der Waals surface area contributed by atoms with Crippen LogP contribution in [-0.4, -0.2) is 4.98 Å². The summed E-state index contributed by atoms with van der Waals surface area (Å²) >= 11 is 7.17. The van der Waals surface area contributed by atoms with Gasteiger partial charge in [0.1, 0.15) is 0 Å². The Labute approximate surface area is 283 Å².